The summed E-state index contributed by atoms with van der Waals surface area (Å²) in [6, 6.07) is 7.31. The average molecular weight is 367 g/mol. The molecule has 0 aliphatic carbocycles. The van der Waals surface area contributed by atoms with Crippen LogP contribution in [0.4, 0.5) is 4.39 Å². The van der Waals surface area contributed by atoms with Crippen molar-refractivity contribution in [2.24, 2.45) is 0 Å². The smallest absolute Gasteiger partial charge is 0.306 e. The van der Waals surface area contributed by atoms with Crippen molar-refractivity contribution in [2.75, 3.05) is 7.11 Å². The fraction of sp³-hybridized carbons (Fsp3) is 0.188. The van der Waals surface area contributed by atoms with Crippen LogP contribution in [0.3, 0.4) is 0 Å². The Morgan fingerprint density at radius 3 is 2.88 bits per heavy atom. The van der Waals surface area contributed by atoms with Gasteiger partial charge >= 0.3 is 5.97 Å². The summed E-state index contributed by atoms with van der Waals surface area (Å²) in [5, 5.41) is 10.3. The predicted molar refractivity (Wildman–Crippen MR) is 89.0 cm³/mol. The molecule has 0 saturated carbocycles. The predicted octanol–water partition coefficient (Wildman–Crippen LogP) is 3.88. The van der Waals surface area contributed by atoms with Gasteiger partial charge in [0.05, 0.1) is 30.3 Å². The van der Waals surface area contributed by atoms with Crippen molar-refractivity contribution in [3.8, 4) is 5.75 Å². The zero-order valence-corrected chi connectivity index (χ0v) is 14.1. The Morgan fingerprint density at radius 1 is 1.38 bits per heavy atom. The van der Waals surface area contributed by atoms with Crippen molar-refractivity contribution in [3.63, 3.8) is 0 Å². The Kier molecular flexibility index (Phi) is 4.64. The van der Waals surface area contributed by atoms with Crippen molar-refractivity contribution in [1.29, 1.82) is 0 Å². The molecule has 0 saturated heterocycles. The van der Waals surface area contributed by atoms with E-state index in [1.807, 2.05) is 0 Å². The molecule has 0 spiro atoms. The largest absolute Gasteiger partial charge is 0.508 e. The number of phenols is 1. The van der Waals surface area contributed by atoms with Gasteiger partial charge in [-0.15, -0.1) is 0 Å². The molecular formula is C16H12ClFN2O3S. The van der Waals surface area contributed by atoms with E-state index in [0.29, 0.717) is 22.2 Å². The molecule has 24 heavy (non-hydrogen) atoms. The number of benzene rings is 2. The maximum Gasteiger partial charge on any atom is 0.306 e. The summed E-state index contributed by atoms with van der Waals surface area (Å²) in [6.45, 7) is 0. The van der Waals surface area contributed by atoms with Crippen molar-refractivity contribution in [2.45, 2.75) is 12.3 Å². The van der Waals surface area contributed by atoms with Gasteiger partial charge in [-0.25, -0.2) is 4.39 Å². The lowest BCUT2D eigenvalue weighted by Gasteiger charge is -2.18. The number of rotatable bonds is 4. The highest BCUT2D eigenvalue weighted by Gasteiger charge is 2.26. The highest BCUT2D eigenvalue weighted by molar-refractivity contribution is 7.00. The van der Waals surface area contributed by atoms with Crippen LogP contribution in [0.5, 0.6) is 5.75 Å². The fourth-order valence-corrected chi connectivity index (χ4v) is 3.31. The topological polar surface area (TPSA) is 72.3 Å². The first-order valence-corrected chi connectivity index (χ1v) is 8.08. The Hall–Kier alpha value is -2.25. The van der Waals surface area contributed by atoms with Gasteiger partial charge in [0.25, 0.3) is 0 Å². The van der Waals surface area contributed by atoms with E-state index in [9.17, 15) is 14.3 Å². The summed E-state index contributed by atoms with van der Waals surface area (Å²) in [4.78, 5) is 11.9. The standard InChI is InChI=1S/C16H12ClFN2O3S/c1-23-14(22)7-9(8-2-3-11(18)10(17)6-8)15-13(21)5-4-12-16(15)20-24-19-12/h2-6,9,21H,7H2,1H3/t9-/m1/s1. The number of esters is 1. The number of ether oxygens (including phenoxy) is 1. The van der Waals surface area contributed by atoms with Crippen LogP contribution in [0.1, 0.15) is 23.5 Å². The molecule has 5 nitrogen and oxygen atoms in total. The lowest BCUT2D eigenvalue weighted by molar-refractivity contribution is -0.140. The number of hydrogen-bond acceptors (Lipinski definition) is 6. The molecule has 1 heterocycles. The number of phenolic OH excluding ortho intramolecular Hbond substituents is 1. The first-order chi connectivity index (χ1) is 11.5. The number of aromatic hydroxyl groups is 1. The summed E-state index contributed by atoms with van der Waals surface area (Å²) in [5.74, 6) is -1.65. The molecule has 1 N–H and O–H groups in total. The van der Waals surface area contributed by atoms with Gasteiger partial charge in [0, 0.05) is 11.5 Å². The Labute approximate surface area is 146 Å². The van der Waals surface area contributed by atoms with Gasteiger partial charge in [-0.05, 0) is 29.8 Å². The first-order valence-electron chi connectivity index (χ1n) is 6.97. The summed E-state index contributed by atoms with van der Waals surface area (Å²) in [7, 11) is 1.28. The van der Waals surface area contributed by atoms with Crippen molar-refractivity contribution >= 4 is 40.3 Å². The van der Waals surface area contributed by atoms with Crippen molar-refractivity contribution in [1.82, 2.24) is 8.75 Å². The molecule has 2 aromatic carbocycles. The average Bonchev–Trinajstić information content (AvgIpc) is 3.04. The first kappa shape index (κ1) is 16.6. The number of carbonyl (C=O) groups excluding carboxylic acids is 1. The Bertz CT molecular complexity index is 915. The number of hydrogen-bond donors (Lipinski definition) is 1. The van der Waals surface area contributed by atoms with Gasteiger partial charge in [0.15, 0.2) is 0 Å². The normalized spacial score (nSPS) is 12.3. The second-order valence-corrected chi connectivity index (χ2v) is 6.07. The molecule has 124 valence electrons. The molecule has 3 rings (SSSR count). The van der Waals surface area contributed by atoms with Crippen LogP contribution >= 0.6 is 23.3 Å². The van der Waals surface area contributed by atoms with E-state index in [4.69, 9.17) is 16.3 Å². The maximum atomic E-state index is 13.5. The molecule has 8 heteroatoms. The second kappa shape index (κ2) is 6.70. The second-order valence-electron chi connectivity index (χ2n) is 5.14. The molecule has 0 unspecified atom stereocenters. The van der Waals surface area contributed by atoms with E-state index in [1.165, 1.54) is 31.4 Å². The monoisotopic (exact) mass is 366 g/mol. The molecule has 1 atom stereocenters. The van der Waals surface area contributed by atoms with E-state index >= 15 is 0 Å². The molecule has 0 amide bonds. The molecule has 0 aliphatic rings. The third kappa shape index (κ3) is 3.05. The SMILES string of the molecule is COC(=O)C[C@H](c1ccc(F)c(Cl)c1)c1c(O)ccc2nsnc12. The van der Waals surface area contributed by atoms with Gasteiger partial charge in [0.1, 0.15) is 22.6 Å². The number of nitrogens with zero attached hydrogens (tertiary/aromatic N) is 2. The number of halogens is 2. The van der Waals surface area contributed by atoms with Crippen molar-refractivity contribution < 1.29 is 19.0 Å². The molecule has 0 bridgehead atoms. The summed E-state index contributed by atoms with van der Waals surface area (Å²) in [5.41, 5.74) is 2.11. The lowest BCUT2D eigenvalue weighted by Crippen LogP contribution is -2.11. The van der Waals surface area contributed by atoms with Crippen LogP contribution in [-0.2, 0) is 9.53 Å². The zero-order valence-electron chi connectivity index (χ0n) is 12.5. The number of carbonyl (C=O) groups is 1. The number of fused-ring (bicyclic) bond motifs is 1. The van der Waals surface area contributed by atoms with Crippen LogP contribution in [-0.4, -0.2) is 26.9 Å². The van der Waals surface area contributed by atoms with Gasteiger partial charge < -0.3 is 9.84 Å². The lowest BCUT2D eigenvalue weighted by atomic mass is 9.87. The zero-order chi connectivity index (χ0) is 17.3. The third-order valence-electron chi connectivity index (χ3n) is 3.74. The summed E-state index contributed by atoms with van der Waals surface area (Å²) >= 11 is 6.88. The van der Waals surface area contributed by atoms with Crippen LogP contribution in [0, 0.1) is 5.82 Å². The minimum Gasteiger partial charge on any atom is -0.508 e. The summed E-state index contributed by atoms with van der Waals surface area (Å²) < 4.78 is 26.6. The van der Waals surface area contributed by atoms with E-state index in [2.05, 4.69) is 8.75 Å². The quantitative estimate of drug-likeness (QED) is 0.709. The van der Waals surface area contributed by atoms with Gasteiger partial charge in [0.2, 0.25) is 0 Å². The number of methoxy groups -OCH3 is 1. The molecule has 3 aromatic rings. The highest BCUT2D eigenvalue weighted by Crippen LogP contribution is 2.39. The molecule has 0 aliphatic heterocycles. The van der Waals surface area contributed by atoms with Crippen LogP contribution in [0.25, 0.3) is 11.0 Å². The molecule has 0 radical (unpaired) electrons. The van der Waals surface area contributed by atoms with E-state index in [-0.39, 0.29) is 17.2 Å². The van der Waals surface area contributed by atoms with Crippen LogP contribution < -0.4 is 0 Å². The Balaban J connectivity index is 2.20. The minimum absolute atomic E-state index is 0.0236. The Morgan fingerprint density at radius 2 is 2.17 bits per heavy atom. The molecular weight excluding hydrogens is 355 g/mol. The third-order valence-corrected chi connectivity index (χ3v) is 4.57. The number of aromatic nitrogens is 2. The van der Waals surface area contributed by atoms with E-state index in [1.54, 1.807) is 6.07 Å². The maximum absolute atomic E-state index is 13.5. The molecule has 1 aromatic heterocycles. The van der Waals surface area contributed by atoms with Gasteiger partial charge in [-0.3, -0.25) is 4.79 Å². The van der Waals surface area contributed by atoms with Gasteiger partial charge in [-0.1, -0.05) is 17.7 Å². The minimum atomic E-state index is -0.594. The van der Waals surface area contributed by atoms with Crippen LogP contribution in [0.2, 0.25) is 5.02 Å². The summed E-state index contributed by atoms with van der Waals surface area (Å²) in [6.07, 6.45) is -0.0529. The fourth-order valence-electron chi connectivity index (χ4n) is 2.57. The van der Waals surface area contributed by atoms with E-state index in [0.717, 1.165) is 11.7 Å². The highest BCUT2D eigenvalue weighted by atomic mass is 35.5. The van der Waals surface area contributed by atoms with Crippen molar-refractivity contribution in [3.05, 3.63) is 52.3 Å². The molecule has 0 fully saturated rings. The van der Waals surface area contributed by atoms with Gasteiger partial charge in [-0.2, -0.15) is 8.75 Å². The van der Waals surface area contributed by atoms with Crippen LogP contribution in [0.15, 0.2) is 30.3 Å². The van der Waals surface area contributed by atoms with E-state index < -0.39 is 17.7 Å².